The molecule has 1 aromatic carbocycles. The molecule has 20 heavy (non-hydrogen) atoms. The number of halogens is 1. The highest BCUT2D eigenvalue weighted by Gasteiger charge is 2.06. The van der Waals surface area contributed by atoms with Gasteiger partial charge in [-0.25, -0.2) is 4.98 Å². The van der Waals surface area contributed by atoms with E-state index in [1.807, 2.05) is 29.7 Å². The Morgan fingerprint density at radius 2 is 2.05 bits per heavy atom. The molecule has 2 heterocycles. The molecular formula is C16H15BrN2S. The van der Waals surface area contributed by atoms with Gasteiger partial charge >= 0.3 is 0 Å². The Labute approximate surface area is 131 Å². The van der Waals surface area contributed by atoms with Gasteiger partial charge in [0.05, 0.1) is 6.54 Å². The molecule has 0 aliphatic heterocycles. The van der Waals surface area contributed by atoms with Crippen LogP contribution in [0.4, 0.5) is 5.82 Å². The number of nitrogens with one attached hydrogen (secondary N) is 1. The Morgan fingerprint density at radius 3 is 2.80 bits per heavy atom. The highest BCUT2D eigenvalue weighted by molar-refractivity contribution is 9.10. The van der Waals surface area contributed by atoms with E-state index in [1.54, 1.807) is 0 Å². The van der Waals surface area contributed by atoms with Gasteiger partial charge in [-0.2, -0.15) is 0 Å². The molecule has 3 aromatic rings. The number of nitrogens with zero attached hydrogens (tertiary/aromatic N) is 1. The molecule has 0 unspecified atom stereocenters. The fourth-order valence-electron chi connectivity index (χ4n) is 2.22. The lowest BCUT2D eigenvalue weighted by Crippen LogP contribution is -2.00. The van der Waals surface area contributed by atoms with Crippen molar-refractivity contribution in [1.82, 2.24) is 4.98 Å². The standard InChI is InChI=1S/C16H15BrN2S/c1-10-8-12(20-11(10)2)9-19-16-14-4-3-5-15(17)13(14)6-7-18-16/h3-8H,9H2,1-2H3,(H,18,19). The molecule has 0 bridgehead atoms. The Kier molecular flexibility index (Phi) is 3.76. The largest absolute Gasteiger partial charge is 0.365 e. The molecule has 2 aromatic heterocycles. The van der Waals surface area contributed by atoms with Gasteiger partial charge in [-0.3, -0.25) is 0 Å². The van der Waals surface area contributed by atoms with Gasteiger partial charge in [0.2, 0.25) is 0 Å². The summed E-state index contributed by atoms with van der Waals surface area (Å²) in [7, 11) is 0. The minimum atomic E-state index is 0.817. The van der Waals surface area contributed by atoms with Crippen molar-refractivity contribution in [2.24, 2.45) is 0 Å². The zero-order chi connectivity index (χ0) is 14.1. The van der Waals surface area contributed by atoms with E-state index in [-0.39, 0.29) is 0 Å². The number of benzene rings is 1. The van der Waals surface area contributed by atoms with Crippen LogP contribution in [0.5, 0.6) is 0 Å². The summed E-state index contributed by atoms with van der Waals surface area (Å²) in [4.78, 5) is 7.19. The molecule has 2 nitrogen and oxygen atoms in total. The van der Waals surface area contributed by atoms with Crippen molar-refractivity contribution < 1.29 is 0 Å². The van der Waals surface area contributed by atoms with Crippen LogP contribution in [0.2, 0.25) is 0 Å². The summed E-state index contributed by atoms with van der Waals surface area (Å²) < 4.78 is 1.10. The van der Waals surface area contributed by atoms with Gasteiger partial charge in [0.1, 0.15) is 5.82 Å². The predicted octanol–water partition coefficient (Wildman–Crippen LogP) is 5.29. The van der Waals surface area contributed by atoms with Crippen molar-refractivity contribution in [2.45, 2.75) is 20.4 Å². The normalized spacial score (nSPS) is 10.9. The first-order chi connectivity index (χ1) is 9.65. The highest BCUT2D eigenvalue weighted by Crippen LogP contribution is 2.28. The van der Waals surface area contributed by atoms with E-state index in [0.717, 1.165) is 22.2 Å². The monoisotopic (exact) mass is 346 g/mol. The number of anilines is 1. The van der Waals surface area contributed by atoms with Crippen LogP contribution in [-0.2, 0) is 6.54 Å². The Hall–Kier alpha value is -1.39. The van der Waals surface area contributed by atoms with Crippen molar-refractivity contribution in [2.75, 3.05) is 5.32 Å². The fourth-order valence-corrected chi connectivity index (χ4v) is 3.71. The number of pyridine rings is 1. The molecule has 102 valence electrons. The maximum absolute atomic E-state index is 4.46. The zero-order valence-electron chi connectivity index (χ0n) is 11.4. The summed E-state index contributed by atoms with van der Waals surface area (Å²) in [6, 6.07) is 10.5. The molecule has 0 fully saturated rings. The van der Waals surface area contributed by atoms with Crippen molar-refractivity contribution in [3.8, 4) is 0 Å². The second-order valence-corrected chi connectivity index (χ2v) is 7.00. The molecule has 1 N–H and O–H groups in total. The third-order valence-electron chi connectivity index (χ3n) is 3.40. The summed E-state index contributed by atoms with van der Waals surface area (Å²) in [6.45, 7) is 5.14. The summed E-state index contributed by atoms with van der Waals surface area (Å²) in [5.41, 5.74) is 1.36. The second-order valence-electron chi connectivity index (χ2n) is 4.80. The lowest BCUT2D eigenvalue weighted by molar-refractivity contribution is 1.15. The molecule has 3 rings (SSSR count). The van der Waals surface area contributed by atoms with E-state index in [2.05, 4.69) is 58.3 Å². The van der Waals surface area contributed by atoms with Crippen LogP contribution in [0.15, 0.2) is 41.0 Å². The fraction of sp³-hybridized carbons (Fsp3) is 0.188. The number of thiophene rings is 1. The summed E-state index contributed by atoms with van der Waals surface area (Å²) >= 11 is 5.43. The number of aromatic nitrogens is 1. The van der Waals surface area contributed by atoms with Crippen molar-refractivity contribution in [3.63, 3.8) is 0 Å². The number of rotatable bonds is 3. The predicted molar refractivity (Wildman–Crippen MR) is 90.6 cm³/mol. The Balaban J connectivity index is 1.89. The van der Waals surface area contributed by atoms with Crippen LogP contribution in [0, 0.1) is 13.8 Å². The lowest BCUT2D eigenvalue weighted by Gasteiger charge is -2.08. The minimum Gasteiger partial charge on any atom is -0.365 e. The third kappa shape index (κ3) is 2.58. The Bertz CT molecular complexity index is 745. The molecule has 0 aliphatic carbocycles. The average Bonchev–Trinajstić information content (AvgIpc) is 2.76. The summed E-state index contributed by atoms with van der Waals surface area (Å²) in [6.07, 6.45) is 1.85. The van der Waals surface area contributed by atoms with E-state index in [4.69, 9.17) is 0 Å². The number of hydrogen-bond acceptors (Lipinski definition) is 3. The second kappa shape index (κ2) is 5.54. The van der Waals surface area contributed by atoms with Crippen LogP contribution >= 0.6 is 27.3 Å². The van der Waals surface area contributed by atoms with E-state index in [9.17, 15) is 0 Å². The van der Waals surface area contributed by atoms with E-state index >= 15 is 0 Å². The van der Waals surface area contributed by atoms with Crippen molar-refractivity contribution >= 4 is 43.9 Å². The zero-order valence-corrected chi connectivity index (χ0v) is 13.8. The van der Waals surface area contributed by atoms with Crippen LogP contribution < -0.4 is 5.32 Å². The van der Waals surface area contributed by atoms with Crippen molar-refractivity contribution in [3.05, 3.63) is 56.3 Å². The van der Waals surface area contributed by atoms with E-state index < -0.39 is 0 Å². The number of aryl methyl sites for hydroxylation is 2. The highest BCUT2D eigenvalue weighted by atomic mass is 79.9. The van der Waals surface area contributed by atoms with Crippen LogP contribution in [0.25, 0.3) is 10.8 Å². The first-order valence-electron chi connectivity index (χ1n) is 6.48. The topological polar surface area (TPSA) is 24.9 Å². The molecule has 0 amide bonds. The molecule has 4 heteroatoms. The van der Waals surface area contributed by atoms with E-state index in [1.165, 1.54) is 20.7 Å². The number of fused-ring (bicyclic) bond motifs is 1. The van der Waals surface area contributed by atoms with Gasteiger partial charge in [-0.05, 0) is 37.6 Å². The first-order valence-corrected chi connectivity index (χ1v) is 8.09. The molecular weight excluding hydrogens is 332 g/mol. The molecule has 0 saturated carbocycles. The average molecular weight is 347 g/mol. The molecule has 0 radical (unpaired) electrons. The quantitative estimate of drug-likeness (QED) is 0.697. The third-order valence-corrected chi connectivity index (χ3v) is 5.24. The van der Waals surface area contributed by atoms with Gasteiger partial charge < -0.3 is 5.32 Å². The van der Waals surface area contributed by atoms with Gasteiger partial charge in [0, 0.05) is 31.2 Å². The summed E-state index contributed by atoms with van der Waals surface area (Å²) in [5.74, 6) is 0.938. The SMILES string of the molecule is Cc1cc(CNc2nccc3c(Br)cccc23)sc1C. The Morgan fingerprint density at radius 1 is 1.20 bits per heavy atom. The van der Waals surface area contributed by atoms with Gasteiger partial charge in [-0.15, -0.1) is 11.3 Å². The first kappa shape index (κ1) is 13.6. The lowest BCUT2D eigenvalue weighted by atomic mass is 10.1. The maximum atomic E-state index is 4.46. The van der Waals surface area contributed by atoms with E-state index in [0.29, 0.717) is 0 Å². The van der Waals surface area contributed by atoms with Crippen molar-refractivity contribution in [1.29, 1.82) is 0 Å². The van der Waals surface area contributed by atoms with Gasteiger partial charge in [0.15, 0.2) is 0 Å². The van der Waals surface area contributed by atoms with Gasteiger partial charge in [-0.1, -0.05) is 28.1 Å². The smallest absolute Gasteiger partial charge is 0.134 e. The molecule has 0 atom stereocenters. The maximum Gasteiger partial charge on any atom is 0.134 e. The molecule has 0 saturated heterocycles. The van der Waals surface area contributed by atoms with Crippen LogP contribution in [-0.4, -0.2) is 4.98 Å². The number of hydrogen-bond donors (Lipinski definition) is 1. The molecule has 0 spiro atoms. The van der Waals surface area contributed by atoms with Crippen LogP contribution in [0.1, 0.15) is 15.3 Å². The minimum absolute atomic E-state index is 0.817. The molecule has 0 aliphatic rings. The van der Waals surface area contributed by atoms with Gasteiger partial charge in [0.25, 0.3) is 0 Å². The summed E-state index contributed by atoms with van der Waals surface area (Å²) in [5, 5.41) is 5.78. The van der Waals surface area contributed by atoms with Crippen LogP contribution in [0.3, 0.4) is 0 Å².